The highest BCUT2D eigenvalue weighted by molar-refractivity contribution is 9.10. The summed E-state index contributed by atoms with van der Waals surface area (Å²) in [6.45, 7) is 0. The molecule has 0 aliphatic rings. The lowest BCUT2D eigenvalue weighted by atomic mass is 10.1. The Balaban J connectivity index is 0.000000320. The Morgan fingerprint density at radius 3 is 1.56 bits per heavy atom. The summed E-state index contributed by atoms with van der Waals surface area (Å²) in [5, 5.41) is 17.3. The Morgan fingerprint density at radius 2 is 1.22 bits per heavy atom. The van der Waals surface area contributed by atoms with Gasteiger partial charge in [-0.25, -0.2) is 0 Å². The van der Waals surface area contributed by atoms with E-state index in [4.69, 9.17) is 25.4 Å². The lowest BCUT2D eigenvalue weighted by molar-refractivity contribution is -0.139. The van der Waals surface area contributed by atoms with Gasteiger partial charge in [0.15, 0.2) is 0 Å². The van der Waals surface area contributed by atoms with Gasteiger partial charge in [0.25, 0.3) is 0 Å². The van der Waals surface area contributed by atoms with Crippen LogP contribution in [0.3, 0.4) is 0 Å². The highest BCUT2D eigenvalue weighted by Gasteiger charge is 2.12. The van der Waals surface area contributed by atoms with Crippen LogP contribution in [0.15, 0.2) is 48.5 Å². The molecule has 0 aliphatic heterocycles. The first kappa shape index (κ1) is 27.5. The molecule has 2 aromatic carbocycles. The molecule has 0 radical (unpaired) electrons. The van der Waals surface area contributed by atoms with Crippen molar-refractivity contribution in [3.05, 3.63) is 59.7 Å². The summed E-state index contributed by atoms with van der Waals surface area (Å²) in [6.07, 6.45) is 4.50. The fraction of sp³-hybridized carbons (Fsp3) is 0.417. The number of benzene rings is 2. The second kappa shape index (κ2) is 15.3. The van der Waals surface area contributed by atoms with Crippen LogP contribution in [0.25, 0.3) is 0 Å². The third-order valence-corrected chi connectivity index (χ3v) is 5.66. The van der Waals surface area contributed by atoms with E-state index in [-0.39, 0.29) is 0 Å². The molecule has 176 valence electrons. The van der Waals surface area contributed by atoms with Gasteiger partial charge in [-0.3, -0.25) is 9.59 Å². The van der Waals surface area contributed by atoms with Crippen LogP contribution in [0.5, 0.6) is 11.5 Å². The molecule has 0 bridgehead atoms. The number of alkyl halides is 1. The molecule has 0 fully saturated rings. The van der Waals surface area contributed by atoms with Crippen molar-refractivity contribution in [3.8, 4) is 11.5 Å². The number of carboxylic acid groups (broad SMARTS) is 2. The van der Waals surface area contributed by atoms with Crippen molar-refractivity contribution in [2.24, 2.45) is 5.73 Å². The largest absolute Gasteiger partial charge is 0.497 e. The minimum absolute atomic E-state index is 0.439. The highest BCUT2D eigenvalue weighted by atomic mass is 79.9. The van der Waals surface area contributed by atoms with E-state index >= 15 is 0 Å². The van der Waals surface area contributed by atoms with Crippen LogP contribution in [-0.2, 0) is 22.4 Å². The van der Waals surface area contributed by atoms with E-state index in [2.05, 4.69) is 15.9 Å². The minimum atomic E-state index is -0.935. The number of carboxylic acids is 2. The number of ether oxygens (including phenoxy) is 2. The maximum absolute atomic E-state index is 10.6. The van der Waals surface area contributed by atoms with Crippen LogP contribution >= 0.6 is 15.9 Å². The van der Waals surface area contributed by atoms with Crippen LogP contribution in [0, 0.1) is 0 Å². The molecule has 0 saturated heterocycles. The van der Waals surface area contributed by atoms with E-state index in [0.29, 0.717) is 12.8 Å². The van der Waals surface area contributed by atoms with Gasteiger partial charge in [0, 0.05) is 0 Å². The molecule has 7 nitrogen and oxygen atoms in total. The lowest BCUT2D eigenvalue weighted by Gasteiger charge is -2.06. The van der Waals surface area contributed by atoms with Gasteiger partial charge >= 0.3 is 11.9 Å². The fourth-order valence-corrected chi connectivity index (χ4v) is 3.17. The molecular weight excluding hydrogens is 478 g/mol. The van der Waals surface area contributed by atoms with E-state index in [1.807, 2.05) is 48.5 Å². The third-order valence-electron chi connectivity index (χ3n) is 4.81. The zero-order valence-corrected chi connectivity index (χ0v) is 20.1. The monoisotopic (exact) mass is 509 g/mol. The molecule has 2 aromatic rings. The Labute approximate surface area is 197 Å². The van der Waals surface area contributed by atoms with E-state index in [1.165, 1.54) is 11.1 Å². The second-order valence-electron chi connectivity index (χ2n) is 7.23. The summed E-state index contributed by atoms with van der Waals surface area (Å²) in [7, 11) is 3.26. The van der Waals surface area contributed by atoms with Crippen LogP contribution in [0.4, 0.5) is 0 Å². The Kier molecular flexibility index (Phi) is 13.1. The average Bonchev–Trinajstić information content (AvgIpc) is 2.80. The zero-order valence-electron chi connectivity index (χ0n) is 18.5. The molecule has 0 amide bonds. The first-order valence-electron chi connectivity index (χ1n) is 10.4. The summed E-state index contributed by atoms with van der Waals surface area (Å²) in [6, 6.07) is 14.8. The van der Waals surface area contributed by atoms with Crippen molar-refractivity contribution in [2.45, 2.75) is 49.4 Å². The summed E-state index contributed by atoms with van der Waals surface area (Å²) < 4.78 is 10.1. The first-order valence-corrected chi connectivity index (χ1v) is 11.3. The lowest BCUT2D eigenvalue weighted by Crippen LogP contribution is -2.29. The molecular formula is C24H32BrNO6. The summed E-state index contributed by atoms with van der Waals surface area (Å²) in [5.74, 6) is -0.0666. The first-order chi connectivity index (χ1) is 15.3. The number of nitrogens with two attached hydrogens (primary N) is 1. The van der Waals surface area contributed by atoms with E-state index in [0.717, 1.165) is 37.2 Å². The number of halogens is 1. The quantitative estimate of drug-likeness (QED) is 0.365. The van der Waals surface area contributed by atoms with E-state index in [1.54, 1.807) is 14.2 Å². The topological polar surface area (TPSA) is 119 Å². The molecule has 2 rings (SSSR count). The molecule has 32 heavy (non-hydrogen) atoms. The molecule has 0 spiro atoms. The number of aliphatic carboxylic acids is 2. The molecule has 8 heteroatoms. The van der Waals surface area contributed by atoms with Gasteiger partial charge in [0.05, 0.1) is 14.2 Å². The summed E-state index contributed by atoms with van der Waals surface area (Å²) >= 11 is 3.12. The summed E-state index contributed by atoms with van der Waals surface area (Å²) in [4.78, 5) is 20.6. The number of hydrogen-bond donors (Lipinski definition) is 3. The maximum atomic E-state index is 10.6. The van der Waals surface area contributed by atoms with Crippen LogP contribution in [0.2, 0.25) is 0 Å². The SMILES string of the molecule is COc1ccc(CCCC(Br)C(=O)O)cc1.COc1ccc(CCCC(N)C(=O)O)cc1. The number of carbonyl (C=O) groups is 2. The molecule has 4 N–H and O–H groups in total. The van der Waals surface area contributed by atoms with Gasteiger partial charge in [-0.2, -0.15) is 0 Å². The molecule has 0 saturated carbocycles. The van der Waals surface area contributed by atoms with Crippen molar-refractivity contribution in [1.82, 2.24) is 0 Å². The van der Waals surface area contributed by atoms with E-state index in [9.17, 15) is 9.59 Å². The van der Waals surface area contributed by atoms with Crippen molar-refractivity contribution in [2.75, 3.05) is 14.2 Å². The van der Waals surface area contributed by atoms with Crippen molar-refractivity contribution in [3.63, 3.8) is 0 Å². The molecule has 0 aliphatic carbocycles. The number of methoxy groups -OCH3 is 2. The standard InChI is InChI=1S/C12H15BrO3.C12H17NO3/c2*1-16-10-7-5-9(6-8-10)3-2-4-11(13)12(14)15/h5-8,11H,2-4H2,1H3,(H,14,15);5-8,11H,2-4,13H2,1H3,(H,14,15). The molecule has 2 atom stereocenters. The van der Waals surface area contributed by atoms with Crippen molar-refractivity contribution >= 4 is 27.9 Å². The molecule has 0 aromatic heterocycles. The van der Waals surface area contributed by atoms with E-state index < -0.39 is 22.8 Å². The van der Waals surface area contributed by atoms with Gasteiger partial charge in [0.2, 0.25) is 0 Å². The predicted octanol–water partition coefficient (Wildman–Crippen LogP) is 4.30. The number of hydrogen-bond acceptors (Lipinski definition) is 5. The smallest absolute Gasteiger partial charge is 0.320 e. The van der Waals surface area contributed by atoms with Crippen LogP contribution in [-0.4, -0.2) is 47.2 Å². The second-order valence-corrected chi connectivity index (χ2v) is 8.34. The third kappa shape index (κ3) is 11.2. The summed E-state index contributed by atoms with van der Waals surface area (Å²) in [5.41, 5.74) is 7.77. The Morgan fingerprint density at radius 1 is 0.812 bits per heavy atom. The predicted molar refractivity (Wildman–Crippen MR) is 128 cm³/mol. The number of rotatable bonds is 12. The van der Waals surface area contributed by atoms with Gasteiger partial charge in [-0.05, 0) is 73.9 Å². The number of aryl methyl sites for hydroxylation is 2. The zero-order chi connectivity index (χ0) is 23.9. The molecule has 0 heterocycles. The normalized spacial score (nSPS) is 12.1. The van der Waals surface area contributed by atoms with Gasteiger partial charge < -0.3 is 25.4 Å². The van der Waals surface area contributed by atoms with Crippen LogP contribution < -0.4 is 15.2 Å². The van der Waals surface area contributed by atoms with Crippen LogP contribution in [0.1, 0.15) is 36.8 Å². The van der Waals surface area contributed by atoms with Gasteiger partial charge in [0.1, 0.15) is 22.4 Å². The van der Waals surface area contributed by atoms with Gasteiger partial charge in [-0.1, -0.05) is 40.2 Å². The highest BCUT2D eigenvalue weighted by Crippen LogP contribution is 2.16. The Bertz CT molecular complexity index is 741. The average molecular weight is 510 g/mol. The Hall–Kier alpha value is -2.58. The van der Waals surface area contributed by atoms with Crippen molar-refractivity contribution < 1.29 is 29.3 Å². The van der Waals surface area contributed by atoms with Gasteiger partial charge in [-0.15, -0.1) is 0 Å². The minimum Gasteiger partial charge on any atom is -0.497 e. The maximum Gasteiger partial charge on any atom is 0.320 e. The molecule has 2 unspecified atom stereocenters. The van der Waals surface area contributed by atoms with Crippen molar-refractivity contribution in [1.29, 1.82) is 0 Å². The fourth-order valence-electron chi connectivity index (χ4n) is 2.84.